The summed E-state index contributed by atoms with van der Waals surface area (Å²) in [5, 5.41) is 0. The molecular formula is C4H7BOPS. The van der Waals surface area contributed by atoms with Gasteiger partial charge in [0.15, 0.2) is 0 Å². The van der Waals surface area contributed by atoms with Gasteiger partial charge in [0.25, 0.3) is 0 Å². The van der Waals surface area contributed by atoms with Crippen LogP contribution in [0.25, 0.3) is 0 Å². The summed E-state index contributed by atoms with van der Waals surface area (Å²) < 4.78 is 18.7. The lowest BCUT2D eigenvalue weighted by Gasteiger charge is -2.00. The highest BCUT2D eigenvalue weighted by Crippen LogP contribution is 2.25. The van der Waals surface area contributed by atoms with E-state index in [4.69, 9.17) is 13.2 Å². The number of hydrogen-bond acceptors (Lipinski definition) is 2. The summed E-state index contributed by atoms with van der Waals surface area (Å²) in [4.78, 5) is 0. The molecule has 4 heteroatoms. The van der Waals surface area contributed by atoms with E-state index in [2.05, 4.69) is 5.92 Å². The standard InChI is InChI=1S/C4H7BOPS/c1-3-4(2)6-8-7-5/h1,4-5,7H,2H3/t4-,7?/m1/s1/i5T,7D. The maximum absolute atomic E-state index is 7.08. The van der Waals surface area contributed by atoms with Gasteiger partial charge in [0.05, 0.1) is 1.28 Å². The average Bonchev–Trinajstić information content (AvgIpc) is 1.99. The second-order valence-corrected chi connectivity index (χ2v) is 2.72. The Hall–Kier alpha value is 0.365. The lowest BCUT2D eigenvalue weighted by Crippen LogP contribution is -1.95. The predicted octanol–water partition coefficient (Wildman–Crippen LogP) is 1.08. The van der Waals surface area contributed by atoms with Crippen LogP contribution in [0.2, 0.25) is 0 Å². The SMILES string of the molecule is [2H]P([B][3H])SO[C@H](C)C#C. The summed E-state index contributed by atoms with van der Waals surface area (Å²) in [5.74, 6) is 2.35. The maximum atomic E-state index is 7.08. The van der Waals surface area contributed by atoms with Crippen molar-refractivity contribution in [1.82, 2.24) is 0 Å². The third-order valence-corrected chi connectivity index (χ3v) is 1.44. The minimum Gasteiger partial charge on any atom is -0.296 e. The summed E-state index contributed by atoms with van der Waals surface area (Å²) in [6, 6.07) is 0. The molecule has 0 saturated carbocycles. The second kappa shape index (κ2) is 5.50. The molecule has 0 bridgehead atoms. The molecular weight excluding hydrogens is 138 g/mol. The summed E-state index contributed by atoms with van der Waals surface area (Å²) in [7, 11) is -0.181. The quantitative estimate of drug-likeness (QED) is 0.255. The average molecular weight is 148 g/mol. The van der Waals surface area contributed by atoms with E-state index < -0.39 is 7.61 Å². The van der Waals surface area contributed by atoms with Gasteiger partial charge in [-0.25, -0.2) is 0 Å². The van der Waals surface area contributed by atoms with Crippen LogP contribution in [0.3, 0.4) is 0 Å². The van der Waals surface area contributed by atoms with Gasteiger partial charge in [-0.2, -0.15) is 0 Å². The molecule has 0 aliphatic heterocycles. The van der Waals surface area contributed by atoms with E-state index in [0.717, 1.165) is 19.2 Å². The Kier molecular flexibility index (Phi) is 3.56. The molecule has 0 spiro atoms. The first kappa shape index (κ1) is 5.17. The van der Waals surface area contributed by atoms with E-state index in [9.17, 15) is 0 Å². The largest absolute Gasteiger partial charge is 0.296 e. The van der Waals surface area contributed by atoms with Gasteiger partial charge in [0, 0.05) is 11.7 Å². The summed E-state index contributed by atoms with van der Waals surface area (Å²) in [5.41, 5.74) is 0. The molecule has 0 saturated heterocycles. The Morgan fingerprint density at radius 1 is 2.50 bits per heavy atom. The Bertz CT molecular complexity index is 131. The van der Waals surface area contributed by atoms with Gasteiger partial charge in [-0.15, -0.1) is 6.42 Å². The third kappa shape index (κ3) is 4.52. The van der Waals surface area contributed by atoms with Gasteiger partial charge in [0.2, 0.25) is 0 Å². The Balaban J connectivity index is 3.28. The van der Waals surface area contributed by atoms with Crippen LogP contribution in [-0.4, -0.2) is 16.2 Å². The first-order valence-electron chi connectivity index (χ1n) is 3.02. The lowest BCUT2D eigenvalue weighted by atomic mass is 10.4. The highest BCUT2D eigenvalue weighted by molar-refractivity contribution is 8.53. The van der Waals surface area contributed by atoms with Crippen LogP contribution >= 0.6 is 19.3 Å². The lowest BCUT2D eigenvalue weighted by molar-refractivity contribution is 0.337. The van der Waals surface area contributed by atoms with Crippen LogP contribution in [0.4, 0.5) is 0 Å². The zero-order valence-corrected chi connectivity index (χ0v) is 6.21. The van der Waals surface area contributed by atoms with Gasteiger partial charge in [-0.1, -0.05) is 13.5 Å². The molecule has 0 rings (SSSR count). The molecule has 1 radical (unpaired) electrons. The molecule has 0 fully saturated rings. The summed E-state index contributed by atoms with van der Waals surface area (Å²) in [6.45, 7) is 1.72. The molecule has 0 aromatic heterocycles. The fraction of sp³-hybridized carbons (Fsp3) is 0.500. The van der Waals surface area contributed by atoms with Gasteiger partial charge < -0.3 is 0 Å². The molecule has 2 atom stereocenters. The Morgan fingerprint density at radius 3 is 3.75 bits per heavy atom. The zero-order chi connectivity index (χ0) is 7.98. The van der Waals surface area contributed by atoms with E-state index in [0.29, 0.717) is 0 Å². The van der Waals surface area contributed by atoms with Crippen LogP contribution in [-0.2, 0) is 4.18 Å². The van der Waals surface area contributed by atoms with Gasteiger partial charge in [0.1, 0.15) is 13.6 Å². The van der Waals surface area contributed by atoms with Crippen LogP contribution in [0.15, 0.2) is 0 Å². The van der Waals surface area contributed by atoms with Gasteiger partial charge in [-0.3, -0.25) is 4.18 Å². The molecule has 0 N–H and O–H groups in total. The van der Waals surface area contributed by atoms with Crippen molar-refractivity contribution in [1.29, 1.82) is 2.61 Å². The van der Waals surface area contributed by atoms with E-state index in [-0.39, 0.29) is 6.10 Å². The van der Waals surface area contributed by atoms with Crippen LogP contribution in [0, 0.1) is 12.3 Å². The predicted molar refractivity (Wildman–Crippen MR) is 42.4 cm³/mol. The Labute approximate surface area is 59.7 Å². The molecule has 43 valence electrons. The highest BCUT2D eigenvalue weighted by atomic mass is 32.7. The smallest absolute Gasteiger partial charge is 0.137 e. The van der Waals surface area contributed by atoms with Crippen molar-refractivity contribution < 1.29 is 4.18 Å². The molecule has 0 aromatic carbocycles. The van der Waals surface area contributed by atoms with Crippen molar-refractivity contribution in [2.75, 3.05) is 0 Å². The van der Waals surface area contributed by atoms with Gasteiger partial charge in [-0.05, 0) is 8.26 Å². The first-order valence-corrected chi connectivity index (χ1v) is 4.31. The topological polar surface area (TPSA) is 9.23 Å². The summed E-state index contributed by atoms with van der Waals surface area (Å²) in [6.07, 6.45) is 4.72. The highest BCUT2D eigenvalue weighted by Gasteiger charge is 1.92. The molecule has 0 amide bonds. The normalized spacial score (nSPS) is 19.5. The second-order valence-electron chi connectivity index (χ2n) is 1.09. The number of terminal acetylenes is 1. The monoisotopic (exact) mass is 148 g/mol. The van der Waals surface area contributed by atoms with E-state index in [1.165, 1.54) is 0 Å². The number of hydrogen-bond donors (Lipinski definition) is 0. The van der Waals surface area contributed by atoms with Crippen molar-refractivity contribution in [3.05, 3.63) is 0 Å². The van der Waals surface area contributed by atoms with Crippen LogP contribution in [0.5, 0.6) is 0 Å². The van der Waals surface area contributed by atoms with E-state index >= 15 is 0 Å². The molecule has 0 aliphatic rings. The molecule has 0 aromatic rings. The molecule has 1 nitrogen and oxygen atoms in total. The molecule has 0 heterocycles. The minimum atomic E-state index is -1.23. The zero-order valence-electron chi connectivity index (χ0n) is 6.50. The fourth-order valence-electron chi connectivity index (χ4n) is 0.117. The van der Waals surface area contributed by atoms with Crippen molar-refractivity contribution in [3.8, 4) is 12.3 Å². The van der Waals surface area contributed by atoms with Crippen molar-refractivity contribution >= 4 is 26.8 Å². The fourth-order valence-corrected chi connectivity index (χ4v) is 0.888. The van der Waals surface area contributed by atoms with Gasteiger partial charge >= 0.3 is 0 Å². The number of rotatable bonds is 4. The van der Waals surface area contributed by atoms with Crippen LogP contribution in [0.1, 0.15) is 6.92 Å². The third-order valence-electron chi connectivity index (χ3n) is 0.465. The summed E-state index contributed by atoms with van der Waals surface area (Å²) >= 11 is 0.955. The van der Waals surface area contributed by atoms with E-state index in [1.807, 2.05) is 0 Å². The maximum Gasteiger partial charge on any atom is 0.137 e. The van der Waals surface area contributed by atoms with E-state index in [1.54, 1.807) is 6.92 Å². The minimum absolute atomic E-state index is 0.278. The molecule has 8 heavy (non-hydrogen) atoms. The van der Waals surface area contributed by atoms with Crippen molar-refractivity contribution in [2.24, 2.45) is 0 Å². The van der Waals surface area contributed by atoms with Crippen molar-refractivity contribution in [2.45, 2.75) is 13.0 Å². The van der Waals surface area contributed by atoms with Crippen molar-refractivity contribution in [3.63, 3.8) is 0 Å². The first-order chi connectivity index (χ1) is 4.70. The molecule has 0 aliphatic carbocycles. The Morgan fingerprint density at radius 2 is 3.25 bits per heavy atom. The molecule has 1 unspecified atom stereocenters. The van der Waals surface area contributed by atoms with Crippen LogP contribution < -0.4 is 0 Å².